The van der Waals surface area contributed by atoms with Crippen LogP contribution >= 0.6 is 0 Å². The summed E-state index contributed by atoms with van der Waals surface area (Å²) in [5.74, 6) is -0.420. The summed E-state index contributed by atoms with van der Waals surface area (Å²) in [4.78, 5) is 27.7. The fourth-order valence-electron chi connectivity index (χ4n) is 2.13. The summed E-state index contributed by atoms with van der Waals surface area (Å²) >= 11 is 0. The number of carbonyl (C=O) groups is 2. The average molecular weight is 286 g/mol. The van der Waals surface area contributed by atoms with E-state index in [4.69, 9.17) is 0 Å². The van der Waals surface area contributed by atoms with Gasteiger partial charge in [0.05, 0.1) is 18.2 Å². The summed E-state index contributed by atoms with van der Waals surface area (Å²) in [5.41, 5.74) is 2.21. The van der Waals surface area contributed by atoms with Crippen molar-refractivity contribution in [2.75, 3.05) is 13.7 Å². The highest BCUT2D eigenvalue weighted by Crippen LogP contribution is 2.18. The molecule has 0 aliphatic carbocycles. The van der Waals surface area contributed by atoms with Gasteiger partial charge in [-0.15, -0.1) is 0 Å². The van der Waals surface area contributed by atoms with Crippen molar-refractivity contribution in [2.45, 2.75) is 19.8 Å². The van der Waals surface area contributed by atoms with Crippen LogP contribution in [0.15, 0.2) is 30.3 Å². The molecule has 0 bridgehead atoms. The van der Waals surface area contributed by atoms with Crippen LogP contribution in [-0.2, 0) is 9.53 Å². The Morgan fingerprint density at radius 3 is 2.81 bits per heavy atom. The van der Waals surface area contributed by atoms with Gasteiger partial charge in [-0.3, -0.25) is 14.6 Å². The summed E-state index contributed by atoms with van der Waals surface area (Å²) in [6, 6.07) is 9.32. The maximum Gasteiger partial charge on any atom is 0.305 e. The molecule has 2 rings (SSSR count). The smallest absolute Gasteiger partial charge is 0.305 e. The Morgan fingerprint density at radius 1 is 1.29 bits per heavy atom. The van der Waals surface area contributed by atoms with Gasteiger partial charge in [-0.1, -0.05) is 18.2 Å². The predicted octanol–water partition coefficient (Wildman–Crippen LogP) is 2.23. The molecule has 0 unspecified atom stereocenters. The monoisotopic (exact) mass is 286 g/mol. The number of hydrogen-bond donors (Lipinski definition) is 1. The molecule has 0 radical (unpaired) electrons. The molecule has 0 saturated carbocycles. The van der Waals surface area contributed by atoms with Crippen molar-refractivity contribution in [1.82, 2.24) is 10.3 Å². The van der Waals surface area contributed by atoms with Crippen LogP contribution in [0.1, 0.15) is 28.9 Å². The lowest BCUT2D eigenvalue weighted by Crippen LogP contribution is -2.25. The number of nitrogens with one attached hydrogen (secondary N) is 1. The second-order valence-corrected chi connectivity index (χ2v) is 4.76. The molecule has 0 aliphatic heterocycles. The van der Waals surface area contributed by atoms with Gasteiger partial charge < -0.3 is 10.1 Å². The molecule has 1 N–H and O–H groups in total. The molecular formula is C16H18N2O3. The minimum absolute atomic E-state index is 0.151. The van der Waals surface area contributed by atoms with Gasteiger partial charge in [0.15, 0.2) is 0 Å². The van der Waals surface area contributed by atoms with Crippen molar-refractivity contribution in [3.05, 3.63) is 41.6 Å². The van der Waals surface area contributed by atoms with Gasteiger partial charge in [0.1, 0.15) is 0 Å². The lowest BCUT2D eigenvalue weighted by molar-refractivity contribution is -0.140. The Morgan fingerprint density at radius 2 is 2.05 bits per heavy atom. The minimum Gasteiger partial charge on any atom is -0.469 e. The van der Waals surface area contributed by atoms with Crippen LogP contribution in [0.3, 0.4) is 0 Å². The summed E-state index contributed by atoms with van der Waals surface area (Å²) in [7, 11) is 1.35. The Labute approximate surface area is 123 Å². The number of fused-ring (bicyclic) bond motifs is 1. The van der Waals surface area contributed by atoms with E-state index in [0.29, 0.717) is 24.9 Å². The second kappa shape index (κ2) is 6.83. The molecule has 1 amide bonds. The number of methoxy groups -OCH3 is 1. The molecule has 1 aromatic carbocycles. The van der Waals surface area contributed by atoms with Crippen molar-refractivity contribution in [2.24, 2.45) is 0 Å². The molecule has 1 heterocycles. The maximum atomic E-state index is 12.3. The van der Waals surface area contributed by atoms with E-state index in [-0.39, 0.29) is 11.9 Å². The predicted molar refractivity (Wildman–Crippen MR) is 80.1 cm³/mol. The maximum absolute atomic E-state index is 12.3. The third-order valence-electron chi connectivity index (χ3n) is 3.16. The number of pyridine rings is 1. The normalized spacial score (nSPS) is 10.4. The van der Waals surface area contributed by atoms with E-state index < -0.39 is 0 Å². The van der Waals surface area contributed by atoms with Gasteiger partial charge in [0.2, 0.25) is 0 Å². The first-order valence-corrected chi connectivity index (χ1v) is 6.83. The molecule has 0 atom stereocenters. The van der Waals surface area contributed by atoms with Crippen LogP contribution in [0, 0.1) is 6.92 Å². The zero-order valence-electron chi connectivity index (χ0n) is 12.2. The lowest BCUT2D eigenvalue weighted by Gasteiger charge is -2.08. The van der Waals surface area contributed by atoms with E-state index in [0.717, 1.165) is 16.6 Å². The molecule has 21 heavy (non-hydrogen) atoms. The highest BCUT2D eigenvalue weighted by atomic mass is 16.5. The van der Waals surface area contributed by atoms with Gasteiger partial charge in [0, 0.05) is 24.0 Å². The number of rotatable bonds is 5. The highest BCUT2D eigenvalue weighted by molar-refractivity contribution is 6.06. The third kappa shape index (κ3) is 3.78. The Hall–Kier alpha value is -2.43. The van der Waals surface area contributed by atoms with Crippen LogP contribution < -0.4 is 5.32 Å². The number of hydrogen-bond acceptors (Lipinski definition) is 4. The van der Waals surface area contributed by atoms with E-state index >= 15 is 0 Å². The van der Waals surface area contributed by atoms with E-state index in [1.807, 2.05) is 31.2 Å². The van der Waals surface area contributed by atoms with Crippen molar-refractivity contribution in [3.8, 4) is 0 Å². The number of aryl methyl sites for hydroxylation is 1. The van der Waals surface area contributed by atoms with E-state index in [1.165, 1.54) is 7.11 Å². The zero-order valence-corrected chi connectivity index (χ0v) is 12.2. The average Bonchev–Trinajstić information content (AvgIpc) is 2.50. The number of carbonyl (C=O) groups excluding carboxylic acids is 2. The number of ether oxygens (including phenoxy) is 1. The lowest BCUT2D eigenvalue weighted by atomic mass is 10.1. The standard InChI is InChI=1S/C16H18N2O3/c1-11-10-13(12-6-3-4-7-14(12)18-11)16(20)17-9-5-8-15(19)21-2/h3-4,6-7,10H,5,8-9H2,1-2H3,(H,17,20). The molecule has 0 fully saturated rings. The number of para-hydroxylation sites is 1. The van der Waals surface area contributed by atoms with Crippen LogP contribution in [0.2, 0.25) is 0 Å². The van der Waals surface area contributed by atoms with Crippen LogP contribution in [-0.4, -0.2) is 30.5 Å². The molecular weight excluding hydrogens is 268 g/mol. The van der Waals surface area contributed by atoms with Gasteiger partial charge in [-0.05, 0) is 25.5 Å². The Balaban J connectivity index is 2.07. The number of amides is 1. The Kier molecular flexibility index (Phi) is 4.87. The molecule has 1 aromatic heterocycles. The first kappa shape index (κ1) is 15.0. The van der Waals surface area contributed by atoms with Crippen molar-refractivity contribution in [1.29, 1.82) is 0 Å². The fourth-order valence-corrected chi connectivity index (χ4v) is 2.13. The summed E-state index contributed by atoms with van der Waals surface area (Å²) in [6.07, 6.45) is 0.854. The molecule has 5 nitrogen and oxygen atoms in total. The molecule has 0 aliphatic rings. The Bertz CT molecular complexity index is 668. The topological polar surface area (TPSA) is 68.3 Å². The van der Waals surface area contributed by atoms with Gasteiger partial charge in [-0.25, -0.2) is 0 Å². The minimum atomic E-state index is -0.269. The number of nitrogens with zero attached hydrogens (tertiary/aromatic N) is 1. The highest BCUT2D eigenvalue weighted by Gasteiger charge is 2.11. The van der Waals surface area contributed by atoms with Crippen LogP contribution in [0.4, 0.5) is 0 Å². The summed E-state index contributed by atoms with van der Waals surface area (Å²) < 4.78 is 4.56. The second-order valence-electron chi connectivity index (χ2n) is 4.76. The number of esters is 1. The molecule has 5 heteroatoms. The van der Waals surface area contributed by atoms with Gasteiger partial charge in [0.25, 0.3) is 5.91 Å². The number of aromatic nitrogens is 1. The largest absolute Gasteiger partial charge is 0.469 e. The van der Waals surface area contributed by atoms with Crippen LogP contribution in [0.25, 0.3) is 10.9 Å². The first-order valence-electron chi connectivity index (χ1n) is 6.83. The molecule has 110 valence electrons. The third-order valence-corrected chi connectivity index (χ3v) is 3.16. The van der Waals surface area contributed by atoms with E-state index in [2.05, 4.69) is 15.0 Å². The zero-order chi connectivity index (χ0) is 15.2. The van der Waals surface area contributed by atoms with E-state index in [9.17, 15) is 9.59 Å². The van der Waals surface area contributed by atoms with Crippen molar-refractivity contribution < 1.29 is 14.3 Å². The van der Waals surface area contributed by atoms with Crippen LogP contribution in [0.5, 0.6) is 0 Å². The number of benzene rings is 1. The summed E-state index contributed by atoms with van der Waals surface area (Å²) in [5, 5.41) is 3.65. The van der Waals surface area contributed by atoms with E-state index in [1.54, 1.807) is 6.07 Å². The summed E-state index contributed by atoms with van der Waals surface area (Å²) in [6.45, 7) is 2.30. The fraction of sp³-hybridized carbons (Fsp3) is 0.312. The van der Waals surface area contributed by atoms with Gasteiger partial charge in [-0.2, -0.15) is 0 Å². The first-order chi connectivity index (χ1) is 10.1. The van der Waals surface area contributed by atoms with Crippen molar-refractivity contribution >= 4 is 22.8 Å². The quantitative estimate of drug-likeness (QED) is 0.676. The molecule has 0 spiro atoms. The molecule has 2 aromatic rings. The SMILES string of the molecule is COC(=O)CCCNC(=O)c1cc(C)nc2ccccc12. The van der Waals surface area contributed by atoms with Gasteiger partial charge >= 0.3 is 5.97 Å². The van der Waals surface area contributed by atoms with Crippen molar-refractivity contribution in [3.63, 3.8) is 0 Å². The molecule has 0 saturated heterocycles.